The molecule has 0 aliphatic carbocycles. The summed E-state index contributed by atoms with van der Waals surface area (Å²) in [6.07, 6.45) is 4.03. The number of hydrogen-bond donors (Lipinski definition) is 1. The van der Waals surface area contributed by atoms with Gasteiger partial charge in [-0.15, -0.1) is 0 Å². The predicted octanol–water partition coefficient (Wildman–Crippen LogP) is 3.79. The van der Waals surface area contributed by atoms with E-state index in [1.54, 1.807) is 0 Å². The van der Waals surface area contributed by atoms with Crippen LogP contribution in [0.3, 0.4) is 0 Å². The van der Waals surface area contributed by atoms with Crippen LogP contribution in [0.4, 0.5) is 5.69 Å². The number of nitrogens with zero attached hydrogens (tertiary/aromatic N) is 1. The van der Waals surface area contributed by atoms with Gasteiger partial charge in [0.1, 0.15) is 0 Å². The number of nitrogens with one attached hydrogen (secondary N) is 1. The number of hydrogen-bond acceptors (Lipinski definition) is 2. The summed E-state index contributed by atoms with van der Waals surface area (Å²) >= 11 is 0. The quantitative estimate of drug-likeness (QED) is 0.758. The Kier molecular flexibility index (Phi) is 2.66. The Balaban J connectivity index is 1.81. The van der Waals surface area contributed by atoms with Crippen molar-refractivity contribution in [1.82, 2.24) is 4.98 Å². The van der Waals surface area contributed by atoms with Gasteiger partial charge in [0.15, 0.2) is 0 Å². The van der Waals surface area contributed by atoms with Crippen molar-refractivity contribution in [1.29, 1.82) is 0 Å². The van der Waals surface area contributed by atoms with Gasteiger partial charge < -0.3 is 5.32 Å². The van der Waals surface area contributed by atoms with E-state index >= 15 is 0 Å². The van der Waals surface area contributed by atoms with Gasteiger partial charge in [-0.2, -0.15) is 0 Å². The Labute approximate surface area is 118 Å². The van der Waals surface area contributed by atoms with Gasteiger partial charge in [0.25, 0.3) is 0 Å². The van der Waals surface area contributed by atoms with Crippen molar-refractivity contribution in [2.75, 3.05) is 11.9 Å². The molecule has 0 bridgehead atoms. The van der Waals surface area contributed by atoms with Crippen molar-refractivity contribution in [3.63, 3.8) is 0 Å². The first kappa shape index (κ1) is 11.5. The zero-order valence-corrected chi connectivity index (χ0v) is 11.3. The molecule has 2 aromatic carbocycles. The second-order valence-electron chi connectivity index (χ2n) is 5.28. The highest BCUT2D eigenvalue weighted by Gasteiger charge is 2.14. The van der Waals surface area contributed by atoms with E-state index in [0.717, 1.165) is 24.9 Å². The van der Waals surface area contributed by atoms with E-state index in [9.17, 15) is 0 Å². The molecule has 3 aromatic rings. The lowest BCUT2D eigenvalue weighted by Gasteiger charge is -2.10. The van der Waals surface area contributed by atoms with E-state index in [-0.39, 0.29) is 0 Å². The second-order valence-corrected chi connectivity index (χ2v) is 5.28. The number of rotatable bonds is 2. The molecule has 1 aliphatic heterocycles. The van der Waals surface area contributed by atoms with E-state index in [0.29, 0.717) is 0 Å². The van der Waals surface area contributed by atoms with Crippen LogP contribution in [-0.2, 0) is 12.8 Å². The van der Waals surface area contributed by atoms with Gasteiger partial charge in [-0.3, -0.25) is 4.98 Å². The molecule has 0 fully saturated rings. The van der Waals surface area contributed by atoms with Crippen LogP contribution < -0.4 is 5.32 Å². The number of pyridine rings is 1. The molecule has 0 saturated heterocycles. The Bertz CT molecular complexity index is 772. The summed E-state index contributed by atoms with van der Waals surface area (Å²) in [6.45, 7) is 1.06. The summed E-state index contributed by atoms with van der Waals surface area (Å²) in [7, 11) is 0. The van der Waals surface area contributed by atoms with Gasteiger partial charge in [-0.05, 0) is 47.7 Å². The van der Waals surface area contributed by atoms with E-state index < -0.39 is 0 Å². The molecule has 98 valence electrons. The second kappa shape index (κ2) is 4.64. The van der Waals surface area contributed by atoms with Crippen LogP contribution in [0.5, 0.6) is 0 Å². The highest BCUT2D eigenvalue weighted by Crippen LogP contribution is 2.28. The van der Waals surface area contributed by atoms with Crippen LogP contribution in [0.25, 0.3) is 10.9 Å². The van der Waals surface area contributed by atoms with Crippen molar-refractivity contribution in [3.8, 4) is 0 Å². The maximum Gasteiger partial charge on any atom is 0.0704 e. The minimum absolute atomic E-state index is 0.980. The minimum atomic E-state index is 0.980. The number of para-hydroxylation sites is 1. The fourth-order valence-corrected chi connectivity index (χ4v) is 3.10. The summed E-state index contributed by atoms with van der Waals surface area (Å²) in [4.78, 5) is 4.44. The topological polar surface area (TPSA) is 24.9 Å². The molecule has 0 saturated carbocycles. The SMILES string of the molecule is c1cc(Cc2ccnc3ccccc23)c2c(c1)NCC2. The number of fused-ring (bicyclic) bond motifs is 2. The molecule has 2 heterocycles. The van der Waals surface area contributed by atoms with Gasteiger partial charge in [0.05, 0.1) is 5.52 Å². The normalized spacial score (nSPS) is 13.2. The van der Waals surface area contributed by atoms with Gasteiger partial charge >= 0.3 is 0 Å². The predicted molar refractivity (Wildman–Crippen MR) is 83.2 cm³/mol. The zero-order chi connectivity index (χ0) is 13.4. The molecule has 4 rings (SSSR count). The molecule has 1 aromatic heterocycles. The van der Waals surface area contributed by atoms with Crippen LogP contribution in [0.15, 0.2) is 54.7 Å². The average molecular weight is 260 g/mol. The molecule has 2 nitrogen and oxygen atoms in total. The van der Waals surface area contributed by atoms with Crippen LogP contribution in [0.2, 0.25) is 0 Å². The molecular formula is C18H16N2. The van der Waals surface area contributed by atoms with Crippen molar-refractivity contribution in [3.05, 3.63) is 71.4 Å². The van der Waals surface area contributed by atoms with Crippen molar-refractivity contribution < 1.29 is 0 Å². The van der Waals surface area contributed by atoms with Crippen LogP contribution in [-0.4, -0.2) is 11.5 Å². The van der Waals surface area contributed by atoms with E-state index in [1.807, 2.05) is 12.3 Å². The standard InChI is InChI=1S/C18H16N2/c1-2-6-17-15(5-1)14(8-10-19-17)12-13-4-3-7-18-16(13)9-11-20-18/h1-8,10,20H,9,11-12H2. The fraction of sp³-hybridized carbons (Fsp3) is 0.167. The molecule has 0 radical (unpaired) electrons. The maximum absolute atomic E-state index is 4.44. The monoisotopic (exact) mass is 260 g/mol. The van der Waals surface area contributed by atoms with Gasteiger partial charge in [0.2, 0.25) is 0 Å². The third-order valence-corrected chi connectivity index (χ3v) is 4.08. The molecule has 0 spiro atoms. The Morgan fingerprint density at radius 1 is 0.950 bits per heavy atom. The molecule has 1 N–H and O–H groups in total. The first-order chi connectivity index (χ1) is 9.92. The molecule has 20 heavy (non-hydrogen) atoms. The summed E-state index contributed by atoms with van der Waals surface area (Å²) in [6, 6.07) is 17.1. The van der Waals surface area contributed by atoms with Crippen molar-refractivity contribution >= 4 is 16.6 Å². The molecule has 0 atom stereocenters. The Morgan fingerprint density at radius 3 is 2.90 bits per heavy atom. The first-order valence-corrected chi connectivity index (χ1v) is 7.09. The number of aromatic nitrogens is 1. The third kappa shape index (κ3) is 1.85. The Hall–Kier alpha value is -2.35. The highest BCUT2D eigenvalue weighted by molar-refractivity contribution is 5.82. The molecule has 0 unspecified atom stereocenters. The largest absolute Gasteiger partial charge is 0.384 e. The van der Waals surface area contributed by atoms with E-state index in [4.69, 9.17) is 0 Å². The smallest absolute Gasteiger partial charge is 0.0704 e. The van der Waals surface area contributed by atoms with Crippen molar-refractivity contribution in [2.45, 2.75) is 12.8 Å². The lowest BCUT2D eigenvalue weighted by molar-refractivity contribution is 1.06. The van der Waals surface area contributed by atoms with E-state index in [1.165, 1.54) is 27.8 Å². The zero-order valence-electron chi connectivity index (χ0n) is 11.3. The fourth-order valence-electron chi connectivity index (χ4n) is 3.10. The number of benzene rings is 2. The molecule has 2 heteroatoms. The van der Waals surface area contributed by atoms with Crippen LogP contribution >= 0.6 is 0 Å². The lowest BCUT2D eigenvalue weighted by Crippen LogP contribution is -1.95. The van der Waals surface area contributed by atoms with Gasteiger partial charge in [-0.25, -0.2) is 0 Å². The first-order valence-electron chi connectivity index (χ1n) is 7.09. The summed E-state index contributed by atoms with van der Waals surface area (Å²) in [5.74, 6) is 0. The van der Waals surface area contributed by atoms with Crippen molar-refractivity contribution in [2.24, 2.45) is 0 Å². The number of anilines is 1. The molecular weight excluding hydrogens is 244 g/mol. The van der Waals surface area contributed by atoms with Gasteiger partial charge in [0, 0.05) is 23.8 Å². The Morgan fingerprint density at radius 2 is 1.90 bits per heavy atom. The minimum Gasteiger partial charge on any atom is -0.384 e. The molecule has 0 amide bonds. The van der Waals surface area contributed by atoms with Crippen LogP contribution in [0, 0.1) is 0 Å². The lowest BCUT2D eigenvalue weighted by atomic mass is 9.96. The van der Waals surface area contributed by atoms with E-state index in [2.05, 4.69) is 52.8 Å². The average Bonchev–Trinajstić information content (AvgIpc) is 2.97. The van der Waals surface area contributed by atoms with Crippen LogP contribution in [0.1, 0.15) is 16.7 Å². The van der Waals surface area contributed by atoms with Gasteiger partial charge in [-0.1, -0.05) is 30.3 Å². The summed E-state index contributed by atoms with van der Waals surface area (Å²) in [5, 5.41) is 4.71. The summed E-state index contributed by atoms with van der Waals surface area (Å²) < 4.78 is 0. The third-order valence-electron chi connectivity index (χ3n) is 4.08. The summed E-state index contributed by atoms with van der Waals surface area (Å²) in [5.41, 5.74) is 6.66. The maximum atomic E-state index is 4.44. The highest BCUT2D eigenvalue weighted by atomic mass is 14.9. The molecule has 1 aliphatic rings.